The minimum absolute atomic E-state index is 0.214. The van der Waals surface area contributed by atoms with Crippen LogP contribution in [0.1, 0.15) is 51.9 Å². The van der Waals surface area contributed by atoms with Crippen molar-refractivity contribution >= 4 is 0 Å². The van der Waals surface area contributed by atoms with Crippen molar-refractivity contribution in [2.45, 2.75) is 64.1 Å². The number of aliphatic hydroxyl groups is 1. The monoisotopic (exact) mass is 277 g/mol. The van der Waals surface area contributed by atoms with Crippen LogP contribution in [-0.2, 0) is 4.74 Å². The van der Waals surface area contributed by atoms with Crippen molar-refractivity contribution in [3.63, 3.8) is 0 Å². The number of ether oxygens (including phenoxy) is 1. The minimum Gasteiger partial charge on any atom is -0.489 e. The average molecular weight is 277 g/mol. The summed E-state index contributed by atoms with van der Waals surface area (Å²) in [6, 6.07) is 0. The van der Waals surface area contributed by atoms with E-state index in [9.17, 15) is 10.0 Å². The molecule has 0 radical (unpaired) electrons. The first-order valence-corrected chi connectivity index (χ1v) is 7.52. The van der Waals surface area contributed by atoms with Gasteiger partial charge in [-0.25, -0.2) is 0 Å². The van der Waals surface area contributed by atoms with Crippen molar-refractivity contribution in [1.29, 1.82) is 0 Å². The van der Waals surface area contributed by atoms with Crippen LogP contribution in [0.2, 0.25) is 0 Å². The van der Waals surface area contributed by atoms with E-state index in [0.29, 0.717) is 17.9 Å². The lowest BCUT2D eigenvalue weighted by Gasteiger charge is -2.24. The van der Waals surface area contributed by atoms with Crippen LogP contribution >= 0.6 is 0 Å². The lowest BCUT2D eigenvalue weighted by Crippen LogP contribution is -2.27. The van der Waals surface area contributed by atoms with Crippen LogP contribution in [0.5, 0.6) is 0 Å². The first-order chi connectivity index (χ1) is 9.74. The Morgan fingerprint density at radius 2 is 2.15 bits per heavy atom. The first kappa shape index (κ1) is 15.0. The van der Waals surface area contributed by atoms with Crippen molar-refractivity contribution in [1.82, 2.24) is 0 Å². The molecule has 2 aliphatic carbocycles. The lowest BCUT2D eigenvalue weighted by atomic mass is 10.1. The second-order valence-corrected chi connectivity index (χ2v) is 5.48. The van der Waals surface area contributed by atoms with Gasteiger partial charge in [-0.05, 0) is 36.9 Å². The summed E-state index contributed by atoms with van der Waals surface area (Å²) in [5, 5.41) is 13.2. The van der Waals surface area contributed by atoms with Crippen molar-refractivity contribution in [3.05, 3.63) is 40.2 Å². The minimum atomic E-state index is -0.445. The van der Waals surface area contributed by atoms with E-state index in [2.05, 4.69) is 12.1 Å². The third-order valence-corrected chi connectivity index (χ3v) is 4.02. The lowest BCUT2D eigenvalue weighted by molar-refractivity contribution is -0.00989. The van der Waals surface area contributed by atoms with E-state index in [0.717, 1.165) is 38.5 Å². The van der Waals surface area contributed by atoms with Crippen LogP contribution in [0, 0.1) is 4.91 Å². The van der Waals surface area contributed by atoms with E-state index < -0.39 is 6.10 Å². The van der Waals surface area contributed by atoms with Gasteiger partial charge in [0.2, 0.25) is 0 Å². The molecule has 2 unspecified atom stereocenters. The van der Waals surface area contributed by atoms with Gasteiger partial charge in [0.25, 0.3) is 0 Å². The molecule has 2 atom stereocenters. The van der Waals surface area contributed by atoms with Gasteiger partial charge in [-0.1, -0.05) is 37.5 Å². The maximum absolute atomic E-state index is 11.0. The molecule has 2 rings (SSSR count). The molecule has 0 heterocycles. The number of nitroso groups, excluding NO2 is 1. The van der Waals surface area contributed by atoms with Crippen LogP contribution in [0.4, 0.5) is 0 Å². The second-order valence-electron chi connectivity index (χ2n) is 5.48. The summed E-state index contributed by atoms with van der Waals surface area (Å²) in [6.45, 7) is 2.08. The number of allylic oxidation sites excluding steroid dienone is 4. The Bertz CT molecular complexity index is 437. The molecular weight excluding hydrogens is 254 g/mol. The molecule has 0 aromatic heterocycles. The van der Waals surface area contributed by atoms with Gasteiger partial charge in [0.05, 0.1) is 6.10 Å². The Hall–Kier alpha value is -1.42. The highest BCUT2D eigenvalue weighted by molar-refractivity contribution is 5.32. The predicted octanol–water partition coefficient (Wildman–Crippen LogP) is 3.97. The summed E-state index contributed by atoms with van der Waals surface area (Å²) in [7, 11) is 0. The molecule has 2 aliphatic rings. The van der Waals surface area contributed by atoms with E-state index in [1.165, 1.54) is 5.57 Å². The van der Waals surface area contributed by atoms with Gasteiger partial charge in [0, 0.05) is 6.42 Å². The third-order valence-electron chi connectivity index (χ3n) is 4.02. The number of hydrogen-bond donors (Lipinski definition) is 1. The molecule has 1 saturated carbocycles. The third kappa shape index (κ3) is 3.79. The largest absolute Gasteiger partial charge is 0.489 e. The maximum atomic E-state index is 11.0. The smallest absolute Gasteiger partial charge is 0.145 e. The summed E-state index contributed by atoms with van der Waals surface area (Å²) >= 11 is 0. The van der Waals surface area contributed by atoms with Gasteiger partial charge >= 0.3 is 0 Å². The van der Waals surface area contributed by atoms with E-state index in [1.807, 2.05) is 12.2 Å². The molecule has 4 nitrogen and oxygen atoms in total. The molecule has 1 fully saturated rings. The zero-order valence-electron chi connectivity index (χ0n) is 12.0. The molecule has 0 aliphatic heterocycles. The maximum Gasteiger partial charge on any atom is 0.145 e. The van der Waals surface area contributed by atoms with Gasteiger partial charge in [-0.3, -0.25) is 0 Å². The Kier molecular flexibility index (Phi) is 5.53. The first-order valence-electron chi connectivity index (χ1n) is 7.52. The zero-order chi connectivity index (χ0) is 14.4. The van der Waals surface area contributed by atoms with Crippen LogP contribution in [0.15, 0.2) is 40.4 Å². The van der Waals surface area contributed by atoms with Gasteiger partial charge in [-0.15, -0.1) is 4.91 Å². The SMILES string of the molecule is CCC1=CC=CC(N=O)=C(OC2CCCCCC2O)C1. The molecule has 4 heteroatoms. The zero-order valence-corrected chi connectivity index (χ0v) is 12.0. The Labute approximate surface area is 120 Å². The van der Waals surface area contributed by atoms with Crippen LogP contribution in [0.3, 0.4) is 0 Å². The highest BCUT2D eigenvalue weighted by Crippen LogP contribution is 2.29. The molecule has 110 valence electrons. The van der Waals surface area contributed by atoms with E-state index in [-0.39, 0.29) is 6.10 Å². The molecule has 0 bridgehead atoms. The molecule has 20 heavy (non-hydrogen) atoms. The Morgan fingerprint density at radius 1 is 1.35 bits per heavy atom. The second kappa shape index (κ2) is 7.39. The average Bonchev–Trinajstić information content (AvgIpc) is 2.78. The van der Waals surface area contributed by atoms with Gasteiger partial charge in [0.15, 0.2) is 0 Å². The molecular formula is C16H23NO3. The summed E-state index contributed by atoms with van der Waals surface area (Å²) in [5.74, 6) is 0.604. The Morgan fingerprint density at radius 3 is 2.90 bits per heavy atom. The molecule has 0 amide bonds. The summed E-state index contributed by atoms with van der Waals surface area (Å²) < 4.78 is 5.98. The number of aliphatic hydroxyl groups excluding tert-OH is 1. The normalized spacial score (nSPS) is 27.6. The predicted molar refractivity (Wildman–Crippen MR) is 78.9 cm³/mol. The van der Waals surface area contributed by atoms with E-state index in [1.54, 1.807) is 6.08 Å². The quantitative estimate of drug-likeness (QED) is 0.624. The molecule has 0 aromatic carbocycles. The van der Waals surface area contributed by atoms with Crippen molar-refractivity contribution in [2.75, 3.05) is 0 Å². The fourth-order valence-electron chi connectivity index (χ4n) is 2.72. The van der Waals surface area contributed by atoms with Crippen molar-refractivity contribution in [2.24, 2.45) is 5.18 Å². The molecule has 0 saturated heterocycles. The van der Waals surface area contributed by atoms with Gasteiger partial charge in [0.1, 0.15) is 17.6 Å². The highest BCUT2D eigenvalue weighted by atomic mass is 16.5. The van der Waals surface area contributed by atoms with Crippen LogP contribution in [-0.4, -0.2) is 17.3 Å². The van der Waals surface area contributed by atoms with E-state index >= 15 is 0 Å². The van der Waals surface area contributed by atoms with Crippen LogP contribution < -0.4 is 0 Å². The number of rotatable bonds is 4. The number of hydrogen-bond acceptors (Lipinski definition) is 4. The Balaban J connectivity index is 2.15. The summed E-state index contributed by atoms with van der Waals surface area (Å²) in [6.07, 6.45) is 11.2. The highest BCUT2D eigenvalue weighted by Gasteiger charge is 2.25. The standard InChI is InChI=1S/C16H23NO3/c1-2-12-7-6-8-13(17-19)16(11-12)20-15-10-5-3-4-9-14(15)18/h6-8,14-15,18H,2-5,9-11H2,1H3. The van der Waals surface area contributed by atoms with Crippen molar-refractivity contribution in [3.8, 4) is 0 Å². The van der Waals surface area contributed by atoms with Gasteiger partial charge in [-0.2, -0.15) is 0 Å². The van der Waals surface area contributed by atoms with Gasteiger partial charge < -0.3 is 9.84 Å². The topological polar surface area (TPSA) is 58.9 Å². The molecule has 0 spiro atoms. The fraction of sp³-hybridized carbons (Fsp3) is 0.625. The van der Waals surface area contributed by atoms with Crippen molar-refractivity contribution < 1.29 is 9.84 Å². The summed E-state index contributed by atoms with van der Waals surface area (Å²) in [4.78, 5) is 11.0. The van der Waals surface area contributed by atoms with E-state index in [4.69, 9.17) is 4.74 Å². The summed E-state index contributed by atoms with van der Waals surface area (Å²) in [5.41, 5.74) is 1.55. The molecule has 0 aromatic rings. The van der Waals surface area contributed by atoms with Crippen LogP contribution in [0.25, 0.3) is 0 Å². The number of nitrogens with zero attached hydrogens (tertiary/aromatic N) is 1. The fourth-order valence-corrected chi connectivity index (χ4v) is 2.72. The molecule has 1 N–H and O–H groups in total.